The highest BCUT2D eigenvalue weighted by Crippen LogP contribution is 2.46. The molecule has 2 atom stereocenters. The molecule has 100 valence electrons. The van der Waals surface area contributed by atoms with Crippen LogP contribution in [0.15, 0.2) is 24.3 Å². The maximum atomic E-state index is 3.56. The molecule has 1 saturated carbocycles. The van der Waals surface area contributed by atoms with Gasteiger partial charge >= 0.3 is 0 Å². The second kappa shape index (κ2) is 5.44. The highest BCUT2D eigenvalue weighted by molar-refractivity contribution is 5.25. The average molecular weight is 245 g/mol. The van der Waals surface area contributed by atoms with Gasteiger partial charge in [0.15, 0.2) is 0 Å². The molecule has 0 heterocycles. The lowest BCUT2D eigenvalue weighted by atomic mass is 9.65. The number of aryl methyl sites for hydroxylation is 1. The van der Waals surface area contributed by atoms with Crippen molar-refractivity contribution in [2.24, 2.45) is 11.3 Å². The summed E-state index contributed by atoms with van der Waals surface area (Å²) < 4.78 is 0. The van der Waals surface area contributed by atoms with Gasteiger partial charge in [-0.3, -0.25) is 0 Å². The van der Waals surface area contributed by atoms with E-state index in [0.717, 1.165) is 5.92 Å². The molecule has 18 heavy (non-hydrogen) atoms. The van der Waals surface area contributed by atoms with Crippen LogP contribution in [0.5, 0.6) is 0 Å². The summed E-state index contributed by atoms with van der Waals surface area (Å²) >= 11 is 0. The third-order valence-electron chi connectivity index (χ3n) is 4.74. The van der Waals surface area contributed by atoms with E-state index in [1.807, 2.05) is 0 Å². The molecule has 1 fully saturated rings. The van der Waals surface area contributed by atoms with Gasteiger partial charge in [0.1, 0.15) is 0 Å². The van der Waals surface area contributed by atoms with E-state index in [1.165, 1.54) is 36.8 Å². The molecule has 2 unspecified atom stereocenters. The molecule has 0 radical (unpaired) electrons. The van der Waals surface area contributed by atoms with Gasteiger partial charge in [-0.1, -0.05) is 56.5 Å². The van der Waals surface area contributed by atoms with Gasteiger partial charge in [-0.25, -0.2) is 0 Å². The van der Waals surface area contributed by atoms with Crippen LogP contribution in [-0.4, -0.2) is 7.05 Å². The molecule has 1 aromatic carbocycles. The number of hydrogen-bond donors (Lipinski definition) is 1. The summed E-state index contributed by atoms with van der Waals surface area (Å²) in [5.41, 5.74) is 3.25. The summed E-state index contributed by atoms with van der Waals surface area (Å²) in [5.74, 6) is 0.749. The zero-order chi connectivity index (χ0) is 13.2. The van der Waals surface area contributed by atoms with E-state index in [4.69, 9.17) is 0 Å². The Bertz CT molecular complexity index is 377. The highest BCUT2D eigenvalue weighted by atomic mass is 14.9. The van der Waals surface area contributed by atoms with Crippen LogP contribution in [0.4, 0.5) is 0 Å². The second-order valence-electron chi connectivity index (χ2n) is 6.52. The van der Waals surface area contributed by atoms with Gasteiger partial charge in [-0.2, -0.15) is 0 Å². The molecule has 1 nitrogen and oxygen atoms in total. The Morgan fingerprint density at radius 2 is 1.83 bits per heavy atom. The van der Waals surface area contributed by atoms with Crippen molar-refractivity contribution in [1.29, 1.82) is 0 Å². The Balaban J connectivity index is 2.24. The van der Waals surface area contributed by atoms with Gasteiger partial charge < -0.3 is 5.32 Å². The summed E-state index contributed by atoms with van der Waals surface area (Å²) in [5, 5.41) is 3.56. The molecule has 1 aliphatic carbocycles. The van der Waals surface area contributed by atoms with Crippen LogP contribution in [0.3, 0.4) is 0 Å². The first kappa shape index (κ1) is 13.6. The number of benzene rings is 1. The normalized spacial score (nSPS) is 24.8. The van der Waals surface area contributed by atoms with Crippen molar-refractivity contribution in [2.75, 3.05) is 7.05 Å². The zero-order valence-electron chi connectivity index (χ0n) is 12.3. The van der Waals surface area contributed by atoms with E-state index in [9.17, 15) is 0 Å². The Hall–Kier alpha value is -0.820. The van der Waals surface area contributed by atoms with Crippen LogP contribution in [0, 0.1) is 18.3 Å². The maximum absolute atomic E-state index is 3.56. The number of nitrogens with one attached hydrogen (secondary N) is 1. The predicted molar refractivity (Wildman–Crippen MR) is 78.7 cm³/mol. The van der Waals surface area contributed by atoms with E-state index in [2.05, 4.69) is 57.4 Å². The van der Waals surface area contributed by atoms with Crippen molar-refractivity contribution < 1.29 is 0 Å². The minimum Gasteiger partial charge on any atom is -0.313 e. The molecule has 1 N–H and O–H groups in total. The fourth-order valence-corrected chi connectivity index (χ4v) is 3.51. The summed E-state index contributed by atoms with van der Waals surface area (Å²) in [6, 6.07) is 9.55. The third kappa shape index (κ3) is 2.77. The molecule has 0 saturated heterocycles. The molecule has 0 aliphatic heterocycles. The van der Waals surface area contributed by atoms with Crippen LogP contribution >= 0.6 is 0 Å². The van der Waals surface area contributed by atoms with E-state index in [0.29, 0.717) is 11.5 Å². The molecule has 0 aromatic heterocycles. The Morgan fingerprint density at radius 3 is 2.39 bits per heavy atom. The first-order valence-electron chi connectivity index (χ1n) is 7.28. The maximum Gasteiger partial charge on any atom is 0.0351 e. The number of rotatable bonds is 3. The minimum absolute atomic E-state index is 0.455. The average Bonchev–Trinajstić information content (AvgIpc) is 2.34. The fourth-order valence-electron chi connectivity index (χ4n) is 3.51. The molecule has 0 amide bonds. The highest BCUT2D eigenvalue weighted by Gasteiger charge is 2.37. The van der Waals surface area contributed by atoms with Crippen LogP contribution in [0.25, 0.3) is 0 Å². The smallest absolute Gasteiger partial charge is 0.0351 e. The monoisotopic (exact) mass is 245 g/mol. The predicted octanol–water partition coefficient (Wildman–Crippen LogP) is 4.47. The van der Waals surface area contributed by atoms with E-state index in [-0.39, 0.29) is 0 Å². The SMILES string of the molecule is CNC(c1ccc(C)cc1)C1CCCCC1(C)C. The topological polar surface area (TPSA) is 12.0 Å². The number of hydrogen-bond acceptors (Lipinski definition) is 1. The Labute approximate surface area is 112 Å². The molecule has 0 spiro atoms. The van der Waals surface area contributed by atoms with E-state index < -0.39 is 0 Å². The van der Waals surface area contributed by atoms with Crippen molar-refractivity contribution in [3.63, 3.8) is 0 Å². The molecule has 1 aromatic rings. The zero-order valence-corrected chi connectivity index (χ0v) is 12.3. The fraction of sp³-hybridized carbons (Fsp3) is 0.647. The van der Waals surface area contributed by atoms with E-state index in [1.54, 1.807) is 0 Å². The lowest BCUT2D eigenvalue weighted by molar-refractivity contribution is 0.101. The third-order valence-corrected chi connectivity index (χ3v) is 4.74. The quantitative estimate of drug-likeness (QED) is 0.828. The van der Waals surface area contributed by atoms with Gasteiger partial charge in [-0.05, 0) is 43.7 Å². The van der Waals surface area contributed by atoms with Crippen LogP contribution < -0.4 is 5.32 Å². The molecule has 0 bridgehead atoms. The molecular formula is C17H27N. The van der Waals surface area contributed by atoms with Gasteiger partial charge in [0, 0.05) is 6.04 Å². The second-order valence-corrected chi connectivity index (χ2v) is 6.52. The summed E-state index contributed by atoms with van der Waals surface area (Å²) in [4.78, 5) is 0. The van der Waals surface area contributed by atoms with E-state index >= 15 is 0 Å². The minimum atomic E-state index is 0.455. The van der Waals surface area contributed by atoms with Crippen molar-refractivity contribution in [3.05, 3.63) is 35.4 Å². The Kier molecular flexibility index (Phi) is 4.11. The van der Waals surface area contributed by atoms with Gasteiger partial charge in [0.25, 0.3) is 0 Å². The lowest BCUT2D eigenvalue weighted by Crippen LogP contribution is -2.37. The largest absolute Gasteiger partial charge is 0.313 e. The van der Waals surface area contributed by atoms with Crippen molar-refractivity contribution in [2.45, 2.75) is 52.5 Å². The van der Waals surface area contributed by atoms with Crippen LogP contribution in [-0.2, 0) is 0 Å². The molecule has 2 rings (SSSR count). The van der Waals surface area contributed by atoms with Gasteiger partial charge in [0.05, 0.1) is 0 Å². The Morgan fingerprint density at radius 1 is 1.17 bits per heavy atom. The summed E-state index contributed by atoms with van der Waals surface area (Å²) in [7, 11) is 2.11. The van der Waals surface area contributed by atoms with Crippen molar-refractivity contribution in [3.8, 4) is 0 Å². The summed E-state index contributed by atoms with van der Waals surface area (Å²) in [6.07, 6.45) is 5.50. The van der Waals surface area contributed by atoms with Crippen molar-refractivity contribution >= 4 is 0 Å². The van der Waals surface area contributed by atoms with Crippen molar-refractivity contribution in [1.82, 2.24) is 5.32 Å². The first-order valence-corrected chi connectivity index (χ1v) is 7.28. The molecule has 1 heteroatoms. The molecule has 1 aliphatic rings. The van der Waals surface area contributed by atoms with Crippen LogP contribution in [0.2, 0.25) is 0 Å². The first-order chi connectivity index (χ1) is 8.54. The lowest BCUT2D eigenvalue weighted by Gasteiger charge is -2.43. The summed E-state index contributed by atoms with van der Waals surface area (Å²) in [6.45, 7) is 7.04. The molecular weight excluding hydrogens is 218 g/mol. The van der Waals surface area contributed by atoms with Gasteiger partial charge in [-0.15, -0.1) is 0 Å². The van der Waals surface area contributed by atoms with Crippen LogP contribution in [0.1, 0.15) is 56.7 Å². The van der Waals surface area contributed by atoms with Gasteiger partial charge in [0.2, 0.25) is 0 Å². The standard InChI is InChI=1S/C17H27N/c1-13-8-10-14(11-9-13)16(18-4)15-7-5-6-12-17(15,2)3/h8-11,15-16,18H,5-7,12H2,1-4H3.